The predicted molar refractivity (Wildman–Crippen MR) is 120 cm³/mol. The summed E-state index contributed by atoms with van der Waals surface area (Å²) in [6, 6.07) is 6.97. The van der Waals surface area contributed by atoms with Gasteiger partial charge in [-0.1, -0.05) is 52.7 Å². The van der Waals surface area contributed by atoms with Crippen LogP contribution in [0.3, 0.4) is 0 Å². The van der Waals surface area contributed by atoms with Gasteiger partial charge in [0.15, 0.2) is 0 Å². The summed E-state index contributed by atoms with van der Waals surface area (Å²) < 4.78 is 0. The number of hydrogen-bond acceptors (Lipinski definition) is 3. The number of nitrogens with zero attached hydrogens (tertiary/aromatic N) is 2. The highest BCUT2D eigenvalue weighted by atomic mass is 16.4. The lowest BCUT2D eigenvalue weighted by Gasteiger charge is -2.47. The van der Waals surface area contributed by atoms with Crippen molar-refractivity contribution >= 4 is 17.6 Å². The van der Waals surface area contributed by atoms with Crippen molar-refractivity contribution in [3.63, 3.8) is 0 Å². The summed E-state index contributed by atoms with van der Waals surface area (Å²) in [5.74, 6) is -0.257. The molecule has 3 rings (SSSR count). The summed E-state index contributed by atoms with van der Waals surface area (Å²) >= 11 is 0. The molecule has 1 aromatic carbocycles. The fourth-order valence-electron chi connectivity index (χ4n) is 5.20. The molecule has 1 atom stereocenters. The van der Waals surface area contributed by atoms with E-state index in [0.717, 1.165) is 50.5 Å². The second kappa shape index (κ2) is 8.52. The largest absolute Gasteiger partial charge is 0.478 e. The lowest BCUT2D eigenvalue weighted by molar-refractivity contribution is -0.133. The molecule has 1 aliphatic heterocycles. The Morgan fingerprint density at radius 3 is 2.33 bits per heavy atom. The molecule has 1 spiro atoms. The number of aromatic carboxylic acids is 1. The van der Waals surface area contributed by atoms with Gasteiger partial charge in [-0.3, -0.25) is 9.79 Å². The molecule has 5 nitrogen and oxygen atoms in total. The molecular formula is C25H36N2O3. The Morgan fingerprint density at radius 2 is 1.83 bits per heavy atom. The molecule has 2 aliphatic rings. The van der Waals surface area contributed by atoms with Gasteiger partial charge in [-0.05, 0) is 68.1 Å². The first kappa shape index (κ1) is 22.5. The number of carboxylic acid groups (broad SMARTS) is 1. The number of amides is 1. The molecule has 164 valence electrons. The average Bonchev–Trinajstić information content (AvgIpc) is 2.92. The van der Waals surface area contributed by atoms with Crippen LogP contribution in [0.4, 0.5) is 0 Å². The van der Waals surface area contributed by atoms with Gasteiger partial charge in [0.1, 0.15) is 5.66 Å². The average molecular weight is 413 g/mol. The first-order chi connectivity index (χ1) is 14.1. The quantitative estimate of drug-likeness (QED) is 0.637. The van der Waals surface area contributed by atoms with Crippen molar-refractivity contribution in [1.82, 2.24) is 4.90 Å². The third-order valence-corrected chi connectivity index (χ3v) is 7.05. The van der Waals surface area contributed by atoms with E-state index in [1.165, 1.54) is 0 Å². The van der Waals surface area contributed by atoms with E-state index in [2.05, 4.69) is 27.7 Å². The number of aliphatic imine (C=N–C) groups is 1. The topological polar surface area (TPSA) is 70.0 Å². The molecule has 1 N–H and O–H groups in total. The normalized spacial score (nSPS) is 25.5. The number of rotatable bonds is 6. The molecule has 0 saturated heterocycles. The maximum absolute atomic E-state index is 13.3. The third-order valence-electron chi connectivity index (χ3n) is 7.05. The minimum Gasteiger partial charge on any atom is -0.478 e. The molecule has 1 amide bonds. The standard InChI is InChI=1S/C25H36N2O3/c1-6-7-8-21(18-9-11-19(12-10-18)23(29)30)27-22(28)17(2)26-25(27)15-13-20(14-16-25)24(3,4)5/h9-12,20-21H,6-8,13-16H2,1-5H3,(H,29,30)/t20?,21-,25?/m1/s1. The molecule has 1 heterocycles. The van der Waals surface area contributed by atoms with Crippen molar-refractivity contribution in [3.05, 3.63) is 35.4 Å². The van der Waals surface area contributed by atoms with Crippen molar-refractivity contribution < 1.29 is 14.7 Å². The highest BCUT2D eigenvalue weighted by Gasteiger charge is 2.51. The zero-order chi connectivity index (χ0) is 22.1. The van der Waals surface area contributed by atoms with Crippen molar-refractivity contribution in [1.29, 1.82) is 0 Å². The van der Waals surface area contributed by atoms with Crippen LogP contribution in [-0.2, 0) is 4.79 Å². The molecule has 1 fully saturated rings. The zero-order valence-corrected chi connectivity index (χ0v) is 19.1. The van der Waals surface area contributed by atoms with Crippen LogP contribution in [0.15, 0.2) is 29.3 Å². The molecule has 1 saturated carbocycles. The number of carbonyl (C=O) groups is 2. The smallest absolute Gasteiger partial charge is 0.335 e. The monoisotopic (exact) mass is 412 g/mol. The first-order valence-electron chi connectivity index (χ1n) is 11.3. The highest BCUT2D eigenvalue weighted by molar-refractivity contribution is 6.39. The molecule has 0 radical (unpaired) electrons. The number of carboxylic acids is 1. The van der Waals surface area contributed by atoms with Crippen molar-refractivity contribution in [2.24, 2.45) is 16.3 Å². The lowest BCUT2D eigenvalue weighted by Crippen LogP contribution is -2.51. The molecule has 0 unspecified atom stereocenters. The molecule has 1 aromatic rings. The summed E-state index contributed by atoms with van der Waals surface area (Å²) in [5, 5.41) is 9.25. The van der Waals surface area contributed by atoms with Crippen LogP contribution in [0.1, 0.15) is 102 Å². The third kappa shape index (κ3) is 4.30. The summed E-state index contributed by atoms with van der Waals surface area (Å²) in [7, 11) is 0. The summed E-state index contributed by atoms with van der Waals surface area (Å²) in [5.41, 5.74) is 1.69. The Balaban J connectivity index is 1.94. The van der Waals surface area contributed by atoms with Gasteiger partial charge in [-0.15, -0.1) is 0 Å². The minimum atomic E-state index is -0.931. The molecule has 5 heteroatoms. The van der Waals surface area contributed by atoms with Gasteiger partial charge in [0.25, 0.3) is 5.91 Å². The van der Waals surface area contributed by atoms with Crippen molar-refractivity contribution in [2.75, 3.05) is 0 Å². The Morgan fingerprint density at radius 1 is 1.23 bits per heavy atom. The number of carbonyl (C=O) groups excluding carboxylic acids is 1. The van der Waals surface area contributed by atoms with Crippen molar-refractivity contribution in [2.45, 2.75) is 91.3 Å². The van der Waals surface area contributed by atoms with Crippen LogP contribution in [0.2, 0.25) is 0 Å². The maximum Gasteiger partial charge on any atom is 0.335 e. The van der Waals surface area contributed by atoms with Crippen LogP contribution in [0.5, 0.6) is 0 Å². The fraction of sp³-hybridized carbons (Fsp3) is 0.640. The molecule has 0 bridgehead atoms. The van der Waals surface area contributed by atoms with Gasteiger partial charge in [0, 0.05) is 0 Å². The van der Waals surface area contributed by atoms with Crippen molar-refractivity contribution in [3.8, 4) is 0 Å². The summed E-state index contributed by atoms with van der Waals surface area (Å²) in [6.07, 6.45) is 6.86. The Kier molecular flexibility index (Phi) is 6.40. The number of unbranched alkanes of at least 4 members (excludes halogenated alkanes) is 1. The van der Waals surface area contributed by atoms with Crippen LogP contribution in [0.25, 0.3) is 0 Å². The van der Waals surface area contributed by atoms with E-state index in [1.807, 2.05) is 24.0 Å². The Labute approximate surface area is 180 Å². The summed E-state index contributed by atoms with van der Waals surface area (Å²) in [4.78, 5) is 31.6. The van der Waals surface area contributed by atoms with Crippen LogP contribution in [0, 0.1) is 11.3 Å². The van der Waals surface area contributed by atoms with Gasteiger partial charge >= 0.3 is 5.97 Å². The molecule has 1 aliphatic carbocycles. The van der Waals surface area contributed by atoms with Crippen LogP contribution in [-0.4, -0.2) is 33.3 Å². The Bertz CT molecular complexity index is 812. The second-order valence-electron chi connectivity index (χ2n) is 10.1. The van der Waals surface area contributed by atoms with Gasteiger partial charge in [-0.25, -0.2) is 4.79 Å². The van der Waals surface area contributed by atoms with E-state index in [9.17, 15) is 14.7 Å². The second-order valence-corrected chi connectivity index (χ2v) is 10.1. The SMILES string of the molecule is CCCC[C@H](c1ccc(C(=O)O)cc1)N1C(=O)C(C)=NC12CCC(C(C)(C)C)CC2. The first-order valence-corrected chi connectivity index (χ1v) is 11.3. The van der Waals surface area contributed by atoms with E-state index in [0.29, 0.717) is 11.6 Å². The highest BCUT2D eigenvalue weighted by Crippen LogP contribution is 2.49. The Hall–Kier alpha value is -2.17. The maximum atomic E-state index is 13.3. The zero-order valence-electron chi connectivity index (χ0n) is 19.1. The van der Waals surface area contributed by atoms with E-state index in [-0.39, 0.29) is 22.9 Å². The molecular weight excluding hydrogens is 376 g/mol. The van der Waals surface area contributed by atoms with Gasteiger partial charge < -0.3 is 10.0 Å². The molecule has 30 heavy (non-hydrogen) atoms. The van der Waals surface area contributed by atoms with Crippen LogP contribution < -0.4 is 0 Å². The van der Waals surface area contributed by atoms with Gasteiger partial charge in [0.05, 0.1) is 17.3 Å². The minimum absolute atomic E-state index is 0.0348. The van der Waals surface area contributed by atoms with E-state index < -0.39 is 11.6 Å². The number of hydrogen-bond donors (Lipinski definition) is 1. The van der Waals surface area contributed by atoms with Crippen LogP contribution >= 0.6 is 0 Å². The van der Waals surface area contributed by atoms with E-state index in [4.69, 9.17) is 4.99 Å². The fourth-order valence-corrected chi connectivity index (χ4v) is 5.20. The lowest BCUT2D eigenvalue weighted by atomic mass is 9.69. The number of benzene rings is 1. The van der Waals surface area contributed by atoms with Gasteiger partial charge in [-0.2, -0.15) is 0 Å². The van der Waals surface area contributed by atoms with Gasteiger partial charge in [0.2, 0.25) is 0 Å². The molecule has 0 aromatic heterocycles. The summed E-state index contributed by atoms with van der Waals surface area (Å²) in [6.45, 7) is 10.9. The predicted octanol–water partition coefficient (Wildman–Crippen LogP) is 5.85. The van der Waals surface area contributed by atoms with E-state index in [1.54, 1.807) is 12.1 Å². The van der Waals surface area contributed by atoms with E-state index >= 15 is 0 Å².